The largest absolute Gasteiger partial charge is 0.381 e. The van der Waals surface area contributed by atoms with Crippen molar-refractivity contribution in [2.45, 2.75) is 40.2 Å². The quantitative estimate of drug-likeness (QED) is 0.843. The van der Waals surface area contributed by atoms with Crippen molar-refractivity contribution in [1.29, 1.82) is 0 Å². The summed E-state index contributed by atoms with van der Waals surface area (Å²) >= 11 is 0. The first-order valence-corrected chi connectivity index (χ1v) is 6.64. The maximum Gasteiger partial charge on any atom is 0.272 e. The predicted octanol–water partition coefficient (Wildman–Crippen LogP) is 2.77. The Morgan fingerprint density at radius 2 is 2.00 bits per heavy atom. The minimum Gasteiger partial charge on any atom is -0.381 e. The number of pyridine rings is 1. The molecule has 1 heterocycles. The van der Waals surface area contributed by atoms with Gasteiger partial charge in [0.15, 0.2) is 0 Å². The zero-order valence-corrected chi connectivity index (χ0v) is 11.7. The highest BCUT2D eigenvalue weighted by Crippen LogP contribution is 2.10. The highest BCUT2D eigenvalue weighted by molar-refractivity contribution is 5.92. The van der Waals surface area contributed by atoms with Gasteiger partial charge in [-0.3, -0.25) is 4.79 Å². The Balaban J connectivity index is 2.73. The van der Waals surface area contributed by atoms with E-state index in [0.717, 1.165) is 12.1 Å². The van der Waals surface area contributed by atoms with E-state index in [2.05, 4.69) is 24.1 Å². The topological polar surface area (TPSA) is 45.2 Å². The van der Waals surface area contributed by atoms with Gasteiger partial charge in [0.2, 0.25) is 0 Å². The van der Waals surface area contributed by atoms with Gasteiger partial charge in [-0.05, 0) is 39.3 Å². The lowest BCUT2D eigenvalue weighted by atomic mass is 10.2. The van der Waals surface area contributed by atoms with Gasteiger partial charge in [-0.15, -0.1) is 0 Å². The number of aromatic nitrogens is 1. The van der Waals surface area contributed by atoms with E-state index in [9.17, 15) is 4.79 Å². The predicted molar refractivity (Wildman–Crippen MR) is 74.9 cm³/mol. The van der Waals surface area contributed by atoms with Crippen molar-refractivity contribution in [2.24, 2.45) is 0 Å². The number of nitrogens with zero attached hydrogens (tertiary/aromatic N) is 2. The molecule has 18 heavy (non-hydrogen) atoms. The highest BCUT2D eigenvalue weighted by Gasteiger charge is 2.13. The minimum atomic E-state index is -0.00455. The Morgan fingerprint density at radius 1 is 1.33 bits per heavy atom. The Labute approximate surface area is 109 Å². The first kappa shape index (κ1) is 14.5. The molecule has 4 heteroatoms. The molecule has 0 bridgehead atoms. The van der Waals surface area contributed by atoms with Crippen molar-refractivity contribution >= 4 is 11.6 Å². The van der Waals surface area contributed by atoms with Crippen LogP contribution in [0.5, 0.6) is 0 Å². The van der Waals surface area contributed by atoms with Gasteiger partial charge in [0.25, 0.3) is 5.91 Å². The first-order chi connectivity index (χ1) is 8.62. The van der Waals surface area contributed by atoms with Crippen LogP contribution in [0.15, 0.2) is 18.3 Å². The molecule has 4 nitrogen and oxygen atoms in total. The molecule has 0 aromatic carbocycles. The van der Waals surface area contributed by atoms with Crippen LogP contribution in [-0.4, -0.2) is 34.9 Å². The summed E-state index contributed by atoms with van der Waals surface area (Å²) in [6, 6.07) is 4.11. The number of amides is 1. The number of carbonyl (C=O) groups is 1. The lowest BCUT2D eigenvalue weighted by Crippen LogP contribution is -2.31. The van der Waals surface area contributed by atoms with E-state index >= 15 is 0 Å². The maximum absolute atomic E-state index is 12.0. The molecule has 1 unspecified atom stereocenters. The van der Waals surface area contributed by atoms with E-state index in [1.807, 2.05) is 19.9 Å². The number of rotatable bonds is 6. The molecule has 1 N–H and O–H groups in total. The molecule has 1 rings (SSSR count). The summed E-state index contributed by atoms with van der Waals surface area (Å²) in [6.07, 6.45) is 2.78. The lowest BCUT2D eigenvalue weighted by molar-refractivity contribution is 0.0767. The van der Waals surface area contributed by atoms with Crippen LogP contribution in [0.3, 0.4) is 0 Å². The maximum atomic E-state index is 12.0. The van der Waals surface area contributed by atoms with Crippen molar-refractivity contribution in [3.63, 3.8) is 0 Å². The fourth-order valence-corrected chi connectivity index (χ4v) is 1.67. The number of carbonyl (C=O) groups excluding carboxylic acids is 1. The molecule has 0 aliphatic carbocycles. The molecule has 1 amide bonds. The first-order valence-electron chi connectivity index (χ1n) is 6.64. The van der Waals surface area contributed by atoms with Crippen molar-refractivity contribution in [1.82, 2.24) is 9.88 Å². The van der Waals surface area contributed by atoms with Crippen LogP contribution < -0.4 is 5.32 Å². The number of hydrogen-bond donors (Lipinski definition) is 1. The second-order valence-corrected chi connectivity index (χ2v) is 4.36. The highest BCUT2D eigenvalue weighted by atomic mass is 16.2. The molecular formula is C14H23N3O. The fraction of sp³-hybridized carbons (Fsp3) is 0.571. The van der Waals surface area contributed by atoms with Gasteiger partial charge < -0.3 is 10.2 Å². The zero-order valence-electron chi connectivity index (χ0n) is 11.7. The normalized spacial score (nSPS) is 12.0. The molecule has 0 aliphatic rings. The molecular weight excluding hydrogens is 226 g/mol. The number of anilines is 1. The Hall–Kier alpha value is -1.58. The van der Waals surface area contributed by atoms with Gasteiger partial charge in [0.1, 0.15) is 5.69 Å². The van der Waals surface area contributed by atoms with Crippen LogP contribution in [0.4, 0.5) is 5.69 Å². The monoisotopic (exact) mass is 249 g/mol. The molecule has 0 spiro atoms. The Bertz CT molecular complexity index is 371. The molecule has 1 aromatic rings. The van der Waals surface area contributed by atoms with Crippen LogP contribution in [0, 0.1) is 0 Å². The summed E-state index contributed by atoms with van der Waals surface area (Å²) in [5, 5.41) is 3.33. The molecule has 1 atom stereocenters. The number of hydrogen-bond acceptors (Lipinski definition) is 3. The van der Waals surface area contributed by atoms with Crippen molar-refractivity contribution in [3.05, 3.63) is 24.0 Å². The van der Waals surface area contributed by atoms with E-state index in [4.69, 9.17) is 0 Å². The van der Waals surface area contributed by atoms with Crippen LogP contribution in [0.1, 0.15) is 44.6 Å². The second-order valence-electron chi connectivity index (χ2n) is 4.36. The van der Waals surface area contributed by atoms with Gasteiger partial charge >= 0.3 is 0 Å². The zero-order chi connectivity index (χ0) is 13.5. The molecule has 0 radical (unpaired) electrons. The van der Waals surface area contributed by atoms with Gasteiger partial charge in [0.05, 0.1) is 11.9 Å². The van der Waals surface area contributed by atoms with Crippen molar-refractivity contribution in [3.8, 4) is 0 Å². The summed E-state index contributed by atoms with van der Waals surface area (Å²) in [5.74, 6) is -0.00455. The van der Waals surface area contributed by atoms with Gasteiger partial charge in [-0.2, -0.15) is 0 Å². The van der Waals surface area contributed by atoms with Gasteiger partial charge in [-0.25, -0.2) is 4.98 Å². The summed E-state index contributed by atoms with van der Waals surface area (Å²) in [7, 11) is 0. The Morgan fingerprint density at radius 3 is 2.44 bits per heavy atom. The van der Waals surface area contributed by atoms with E-state index in [0.29, 0.717) is 24.8 Å². The standard InChI is InChI=1S/C14H23N3O/c1-5-11(4)16-12-8-9-13(15-10-12)14(18)17(6-2)7-3/h8-11,16H,5-7H2,1-4H3. The van der Waals surface area contributed by atoms with E-state index in [1.165, 1.54) is 0 Å². The molecule has 100 valence electrons. The summed E-state index contributed by atoms with van der Waals surface area (Å²) in [5.41, 5.74) is 1.47. The fourth-order valence-electron chi connectivity index (χ4n) is 1.67. The van der Waals surface area contributed by atoms with Crippen LogP contribution in [-0.2, 0) is 0 Å². The third kappa shape index (κ3) is 3.72. The van der Waals surface area contributed by atoms with Crippen molar-refractivity contribution < 1.29 is 4.79 Å². The van der Waals surface area contributed by atoms with E-state index in [-0.39, 0.29) is 5.91 Å². The average Bonchev–Trinajstić information content (AvgIpc) is 2.40. The van der Waals surface area contributed by atoms with Gasteiger partial charge in [-0.1, -0.05) is 6.92 Å². The molecule has 1 aromatic heterocycles. The van der Waals surface area contributed by atoms with Gasteiger partial charge in [0, 0.05) is 19.1 Å². The molecule has 0 saturated carbocycles. The lowest BCUT2D eigenvalue weighted by Gasteiger charge is -2.18. The summed E-state index contributed by atoms with van der Waals surface area (Å²) < 4.78 is 0. The molecule has 0 fully saturated rings. The summed E-state index contributed by atoms with van der Waals surface area (Å²) in [4.78, 5) is 18.0. The van der Waals surface area contributed by atoms with Crippen molar-refractivity contribution in [2.75, 3.05) is 18.4 Å². The average molecular weight is 249 g/mol. The van der Waals surface area contributed by atoms with E-state index in [1.54, 1.807) is 17.2 Å². The SMILES string of the molecule is CCC(C)Nc1ccc(C(=O)N(CC)CC)nc1. The summed E-state index contributed by atoms with van der Waals surface area (Å²) in [6.45, 7) is 9.62. The van der Waals surface area contributed by atoms with Crippen LogP contribution in [0.2, 0.25) is 0 Å². The molecule has 0 aliphatic heterocycles. The minimum absolute atomic E-state index is 0.00455. The third-order valence-electron chi connectivity index (χ3n) is 3.06. The van der Waals surface area contributed by atoms with E-state index < -0.39 is 0 Å². The Kier molecular flexibility index (Phi) is 5.62. The van der Waals surface area contributed by atoms with Crippen LogP contribution in [0.25, 0.3) is 0 Å². The smallest absolute Gasteiger partial charge is 0.272 e. The third-order valence-corrected chi connectivity index (χ3v) is 3.06. The second kappa shape index (κ2) is 6.99. The number of nitrogens with one attached hydrogen (secondary N) is 1. The molecule has 0 saturated heterocycles. The van der Waals surface area contributed by atoms with Crippen LogP contribution >= 0.6 is 0 Å².